The molecule has 2 aromatic carbocycles. The van der Waals surface area contributed by atoms with E-state index in [1.165, 1.54) is 4.57 Å². The van der Waals surface area contributed by atoms with Gasteiger partial charge in [-0.3, -0.25) is 0 Å². The summed E-state index contributed by atoms with van der Waals surface area (Å²) in [6.45, 7) is 7.27. The van der Waals surface area contributed by atoms with Crippen molar-refractivity contribution < 1.29 is 31.1 Å². The third kappa shape index (κ3) is 9.60. The summed E-state index contributed by atoms with van der Waals surface area (Å²) < 4.78 is 84.6. The number of H-pyrrole nitrogens is 1. The van der Waals surface area contributed by atoms with Gasteiger partial charge in [-0.2, -0.15) is 26.3 Å². The van der Waals surface area contributed by atoms with E-state index in [-0.39, 0.29) is 18.4 Å². The van der Waals surface area contributed by atoms with Crippen LogP contribution in [-0.4, -0.2) is 34.2 Å². The highest BCUT2D eigenvalue weighted by Gasteiger charge is 2.35. The molecule has 0 aliphatic heterocycles. The Morgan fingerprint density at radius 3 is 1.88 bits per heavy atom. The molecule has 2 heterocycles. The Hall–Kier alpha value is -2.42. The molecule has 5 nitrogen and oxygen atoms in total. The smallest absolute Gasteiger partial charge is 0.361 e. The first-order valence-corrected chi connectivity index (χ1v) is 17.2. The first kappa shape index (κ1) is 32.1. The van der Waals surface area contributed by atoms with Crippen molar-refractivity contribution in [2.45, 2.75) is 44.8 Å². The van der Waals surface area contributed by atoms with E-state index in [1.54, 1.807) is 48.5 Å². The molecule has 14 heteroatoms. The molecule has 4 rings (SSSR count). The summed E-state index contributed by atoms with van der Waals surface area (Å²) in [5.74, 6) is 0.461. The van der Waals surface area contributed by atoms with Gasteiger partial charge in [0.15, 0.2) is 5.69 Å². The fourth-order valence-corrected chi connectivity index (χ4v) is 4.53. The van der Waals surface area contributed by atoms with E-state index in [1.807, 2.05) is 0 Å². The minimum Gasteiger partial charge on any atom is -0.361 e. The zero-order valence-electron chi connectivity index (χ0n) is 21.7. The van der Waals surface area contributed by atoms with E-state index in [4.69, 9.17) is 4.74 Å². The van der Waals surface area contributed by atoms with Crippen molar-refractivity contribution in [3.05, 3.63) is 81.3 Å². The van der Waals surface area contributed by atoms with Crippen molar-refractivity contribution in [1.29, 1.82) is 0 Å². The van der Waals surface area contributed by atoms with Crippen LogP contribution in [-0.2, 0) is 23.8 Å². The predicted molar refractivity (Wildman–Crippen MR) is 151 cm³/mol. The molecule has 0 amide bonds. The van der Waals surface area contributed by atoms with Crippen LogP contribution >= 0.6 is 31.9 Å². The Kier molecular flexibility index (Phi) is 10.5. The number of aromatic amines is 1. The van der Waals surface area contributed by atoms with Gasteiger partial charge in [0.2, 0.25) is 0 Å². The average molecular weight is 712 g/mol. The van der Waals surface area contributed by atoms with Gasteiger partial charge in [0, 0.05) is 40.9 Å². The highest BCUT2D eigenvalue weighted by molar-refractivity contribution is 9.10. The van der Waals surface area contributed by atoms with Crippen LogP contribution in [0.2, 0.25) is 25.7 Å². The van der Waals surface area contributed by atoms with Gasteiger partial charge in [-0.25, -0.2) is 9.97 Å². The number of aromatic nitrogens is 4. The third-order valence-electron chi connectivity index (χ3n) is 5.40. The maximum absolute atomic E-state index is 13.0. The molecule has 0 unspecified atom stereocenters. The molecule has 0 radical (unpaired) electrons. The molecule has 0 atom stereocenters. The fraction of sp³-hybridized carbons (Fsp3) is 0.308. The second-order valence-electron chi connectivity index (χ2n) is 9.92. The summed E-state index contributed by atoms with van der Waals surface area (Å²) in [5.41, 5.74) is -0.527. The molecule has 1 N–H and O–H groups in total. The lowest BCUT2D eigenvalue weighted by Crippen LogP contribution is -2.22. The highest BCUT2D eigenvalue weighted by Crippen LogP contribution is 2.32. The number of ether oxygens (including phenoxy) is 1. The van der Waals surface area contributed by atoms with Crippen LogP contribution in [0.15, 0.2) is 69.9 Å². The van der Waals surface area contributed by atoms with Gasteiger partial charge in [0.25, 0.3) is 0 Å². The number of benzene rings is 2. The van der Waals surface area contributed by atoms with Crippen LogP contribution in [0.3, 0.4) is 0 Å². The lowest BCUT2D eigenvalue weighted by Gasteiger charge is -2.16. The number of rotatable bonds is 7. The molecule has 216 valence electrons. The van der Waals surface area contributed by atoms with Gasteiger partial charge >= 0.3 is 12.4 Å². The lowest BCUT2D eigenvalue weighted by molar-refractivity contribution is -0.141. The Balaban J connectivity index is 0.000000238. The first-order chi connectivity index (χ1) is 18.5. The number of nitrogens with zero attached hydrogens (tertiary/aromatic N) is 3. The fourth-order valence-electron chi connectivity index (χ4n) is 3.24. The molecule has 0 aliphatic rings. The standard InChI is InChI=1S/C16H20BrF3N2OSi.C10H6BrF3N2/c1-24(2,3)9-8-23-11-22-10-14(16(18,19)20)21-15(22)12-4-6-13(17)7-5-12;11-7-3-1-6(2-4-7)9-15-5-8(16-9)10(12,13)14/h4-7,10H,8-9,11H2,1-3H3;1-5H,(H,15,16). The first-order valence-electron chi connectivity index (χ1n) is 11.9. The highest BCUT2D eigenvalue weighted by atomic mass is 79.9. The zero-order chi connectivity index (χ0) is 29.7. The second kappa shape index (κ2) is 13.0. The Morgan fingerprint density at radius 1 is 0.850 bits per heavy atom. The largest absolute Gasteiger partial charge is 0.434 e. The number of alkyl halides is 6. The Morgan fingerprint density at radius 2 is 1.40 bits per heavy atom. The number of imidazole rings is 2. The van der Waals surface area contributed by atoms with Crippen molar-refractivity contribution in [2.75, 3.05) is 6.61 Å². The minimum absolute atomic E-state index is 0.0545. The van der Waals surface area contributed by atoms with Crippen LogP contribution in [0, 0.1) is 0 Å². The van der Waals surface area contributed by atoms with E-state index >= 15 is 0 Å². The summed E-state index contributed by atoms with van der Waals surface area (Å²) >= 11 is 6.56. The summed E-state index contributed by atoms with van der Waals surface area (Å²) in [4.78, 5) is 9.69. The van der Waals surface area contributed by atoms with Crippen molar-refractivity contribution in [3.63, 3.8) is 0 Å². The average Bonchev–Trinajstić information content (AvgIpc) is 3.51. The summed E-state index contributed by atoms with van der Waals surface area (Å²) in [6.07, 6.45) is -7.07. The summed E-state index contributed by atoms with van der Waals surface area (Å²) in [7, 11) is -1.24. The predicted octanol–water partition coefficient (Wildman–Crippen LogP) is 9.50. The van der Waals surface area contributed by atoms with Crippen LogP contribution in [0.5, 0.6) is 0 Å². The van der Waals surface area contributed by atoms with E-state index in [9.17, 15) is 26.3 Å². The lowest BCUT2D eigenvalue weighted by atomic mass is 10.2. The van der Waals surface area contributed by atoms with Crippen LogP contribution < -0.4 is 0 Å². The quantitative estimate of drug-likeness (QED) is 0.118. The van der Waals surface area contributed by atoms with E-state index in [0.717, 1.165) is 27.4 Å². The van der Waals surface area contributed by atoms with Crippen molar-refractivity contribution in [1.82, 2.24) is 19.5 Å². The SMILES string of the molecule is C[Si](C)(C)CCOCn1cc(C(F)(F)F)nc1-c1ccc(Br)cc1.FC(F)(F)c1cnc(-c2ccc(Br)cc2)[nH]1. The molecular weight excluding hydrogens is 686 g/mol. The summed E-state index contributed by atoms with van der Waals surface area (Å²) in [5, 5.41) is 0. The molecule has 0 spiro atoms. The van der Waals surface area contributed by atoms with E-state index in [2.05, 4.69) is 66.5 Å². The van der Waals surface area contributed by atoms with Gasteiger partial charge in [0.1, 0.15) is 24.1 Å². The number of nitrogens with one attached hydrogen (secondary N) is 1. The number of halogens is 8. The second-order valence-corrected chi connectivity index (χ2v) is 17.4. The molecule has 0 saturated heterocycles. The van der Waals surface area contributed by atoms with Gasteiger partial charge in [-0.1, -0.05) is 75.8 Å². The molecule has 2 aromatic heterocycles. The normalized spacial score (nSPS) is 12.3. The van der Waals surface area contributed by atoms with Crippen molar-refractivity contribution in [2.24, 2.45) is 0 Å². The van der Waals surface area contributed by atoms with Crippen molar-refractivity contribution >= 4 is 39.9 Å². The number of hydrogen-bond donors (Lipinski definition) is 1. The third-order valence-corrected chi connectivity index (χ3v) is 8.16. The maximum Gasteiger partial charge on any atom is 0.434 e. The van der Waals surface area contributed by atoms with Gasteiger partial charge in [-0.15, -0.1) is 0 Å². The molecule has 4 aromatic rings. The van der Waals surface area contributed by atoms with Crippen LogP contribution in [0.25, 0.3) is 22.8 Å². The topological polar surface area (TPSA) is 55.7 Å². The molecular formula is C26H26Br2F6N4OSi. The monoisotopic (exact) mass is 710 g/mol. The van der Waals surface area contributed by atoms with E-state index in [0.29, 0.717) is 17.7 Å². The van der Waals surface area contributed by atoms with Crippen LogP contribution in [0.1, 0.15) is 11.4 Å². The maximum atomic E-state index is 13.0. The summed E-state index contributed by atoms with van der Waals surface area (Å²) in [6, 6.07) is 14.8. The van der Waals surface area contributed by atoms with Gasteiger partial charge in [0.05, 0.1) is 6.20 Å². The van der Waals surface area contributed by atoms with Crippen molar-refractivity contribution in [3.8, 4) is 22.8 Å². The number of hydrogen-bond acceptors (Lipinski definition) is 3. The molecule has 0 aliphatic carbocycles. The van der Waals surface area contributed by atoms with E-state index < -0.39 is 31.8 Å². The molecule has 40 heavy (non-hydrogen) atoms. The Bertz CT molecular complexity index is 1380. The zero-order valence-corrected chi connectivity index (χ0v) is 25.8. The molecule has 0 fully saturated rings. The van der Waals surface area contributed by atoms with Crippen LogP contribution in [0.4, 0.5) is 26.3 Å². The van der Waals surface area contributed by atoms with Gasteiger partial charge < -0.3 is 14.3 Å². The molecule has 0 bridgehead atoms. The Labute approximate surface area is 245 Å². The minimum atomic E-state index is -4.48. The van der Waals surface area contributed by atoms with Gasteiger partial charge in [-0.05, 0) is 30.3 Å². The molecule has 0 saturated carbocycles.